The quantitative estimate of drug-likeness (QED) is 0.801. The molecule has 6 heteroatoms. The molecule has 27 heavy (non-hydrogen) atoms. The normalized spacial score (nSPS) is 24.1. The summed E-state index contributed by atoms with van der Waals surface area (Å²) in [5.41, 5.74) is 1.84. The highest BCUT2D eigenvalue weighted by Gasteiger charge is 2.46. The number of hydrogen-bond donors (Lipinski definition) is 1. The molecule has 1 saturated carbocycles. The second kappa shape index (κ2) is 7.80. The van der Waals surface area contributed by atoms with Crippen LogP contribution >= 0.6 is 23.2 Å². The molecule has 1 N–H and O–H groups in total. The van der Waals surface area contributed by atoms with Gasteiger partial charge < -0.3 is 14.7 Å². The van der Waals surface area contributed by atoms with Gasteiger partial charge in [0.05, 0.1) is 18.7 Å². The van der Waals surface area contributed by atoms with Crippen molar-refractivity contribution in [2.45, 2.75) is 31.0 Å². The van der Waals surface area contributed by atoms with Crippen LogP contribution in [0.5, 0.6) is 0 Å². The number of ether oxygens (including phenoxy) is 1. The summed E-state index contributed by atoms with van der Waals surface area (Å²) in [6, 6.07) is 14.4. The molecule has 0 spiro atoms. The number of aliphatic hydroxyl groups is 1. The van der Waals surface area contributed by atoms with Crippen LogP contribution in [0.25, 0.3) is 0 Å². The maximum atomic E-state index is 12.9. The van der Waals surface area contributed by atoms with Crippen molar-refractivity contribution < 1.29 is 14.6 Å². The first kappa shape index (κ1) is 18.8. The first-order valence-corrected chi connectivity index (χ1v) is 9.88. The third-order valence-electron chi connectivity index (χ3n) is 5.36. The predicted molar refractivity (Wildman–Crippen MR) is 105 cm³/mol. The zero-order valence-electron chi connectivity index (χ0n) is 14.7. The average Bonchev–Trinajstić information content (AvgIpc) is 3.49. The van der Waals surface area contributed by atoms with E-state index in [1.165, 1.54) is 0 Å². The third kappa shape index (κ3) is 3.85. The van der Waals surface area contributed by atoms with Crippen LogP contribution in [0.15, 0.2) is 48.5 Å². The Morgan fingerprint density at radius 2 is 1.81 bits per heavy atom. The lowest BCUT2D eigenvalue weighted by Crippen LogP contribution is -2.52. The number of carbonyl (C=O) groups is 1. The van der Waals surface area contributed by atoms with Gasteiger partial charge in [-0.15, -0.1) is 0 Å². The van der Waals surface area contributed by atoms with Crippen molar-refractivity contribution in [2.24, 2.45) is 5.92 Å². The van der Waals surface area contributed by atoms with Gasteiger partial charge in [0.25, 0.3) is 0 Å². The van der Waals surface area contributed by atoms with E-state index in [4.69, 9.17) is 27.9 Å². The van der Waals surface area contributed by atoms with Crippen LogP contribution < -0.4 is 0 Å². The maximum absolute atomic E-state index is 12.9. The van der Waals surface area contributed by atoms with Gasteiger partial charge in [-0.25, -0.2) is 0 Å². The van der Waals surface area contributed by atoms with Gasteiger partial charge in [-0.3, -0.25) is 4.79 Å². The lowest BCUT2D eigenvalue weighted by Gasteiger charge is -2.45. The number of halogens is 2. The molecule has 2 aromatic carbocycles. The Labute approximate surface area is 168 Å². The van der Waals surface area contributed by atoms with Gasteiger partial charge in [-0.05, 0) is 54.2 Å². The van der Waals surface area contributed by atoms with Crippen LogP contribution in [0.1, 0.15) is 36.1 Å². The summed E-state index contributed by atoms with van der Waals surface area (Å²) in [7, 11) is 0. The molecular formula is C21H21Cl2NO3. The van der Waals surface area contributed by atoms with E-state index in [0.717, 1.165) is 24.0 Å². The van der Waals surface area contributed by atoms with Crippen LogP contribution in [-0.4, -0.2) is 35.2 Å². The zero-order valence-corrected chi connectivity index (χ0v) is 16.2. The molecule has 142 valence electrons. The highest BCUT2D eigenvalue weighted by molar-refractivity contribution is 6.30. The number of amides is 1. The van der Waals surface area contributed by atoms with E-state index in [1.807, 2.05) is 53.4 Å². The Hall–Kier alpha value is -1.59. The Morgan fingerprint density at radius 1 is 1.07 bits per heavy atom. The number of carbonyl (C=O) groups excluding carboxylic acids is 1. The molecule has 1 amide bonds. The minimum absolute atomic E-state index is 0.00943. The molecule has 2 aromatic rings. The van der Waals surface area contributed by atoms with Crippen molar-refractivity contribution >= 4 is 29.1 Å². The molecule has 0 radical (unpaired) electrons. The molecule has 4 nitrogen and oxygen atoms in total. The van der Waals surface area contributed by atoms with Gasteiger partial charge >= 0.3 is 0 Å². The lowest BCUT2D eigenvalue weighted by atomic mass is 9.91. The minimum Gasteiger partial charge on any atom is -0.394 e. The summed E-state index contributed by atoms with van der Waals surface area (Å²) in [6.07, 6.45) is 1.70. The smallest absolute Gasteiger partial charge is 0.249 e. The van der Waals surface area contributed by atoms with Gasteiger partial charge in [0.2, 0.25) is 5.91 Å². The minimum atomic E-state index is -0.365. The summed E-state index contributed by atoms with van der Waals surface area (Å²) < 4.78 is 5.99. The van der Waals surface area contributed by atoms with Gasteiger partial charge in [-0.2, -0.15) is 0 Å². The summed E-state index contributed by atoms with van der Waals surface area (Å²) in [5.74, 6) is 0.242. The summed E-state index contributed by atoms with van der Waals surface area (Å²) in [4.78, 5) is 14.7. The average molecular weight is 406 g/mol. The molecule has 2 fully saturated rings. The number of morpholine rings is 1. The SMILES string of the molecule is O=C1CO[C@H](c2cccc(Cl)c2)C(c2ccc(Cl)cc2)N1[C@@H](CO)C1CC1. The van der Waals surface area contributed by atoms with E-state index in [0.29, 0.717) is 16.0 Å². The van der Waals surface area contributed by atoms with Crippen LogP contribution in [0.2, 0.25) is 10.0 Å². The van der Waals surface area contributed by atoms with Gasteiger partial charge in [0.15, 0.2) is 0 Å². The molecule has 2 aliphatic rings. The van der Waals surface area contributed by atoms with Crippen LogP contribution in [0, 0.1) is 5.92 Å². The number of aliphatic hydroxyl groups excluding tert-OH is 1. The Balaban J connectivity index is 1.79. The van der Waals surface area contributed by atoms with Crippen LogP contribution in [0.4, 0.5) is 0 Å². The summed E-state index contributed by atoms with van der Waals surface area (Å²) in [5, 5.41) is 11.3. The Kier molecular flexibility index (Phi) is 5.42. The van der Waals surface area contributed by atoms with E-state index < -0.39 is 0 Å². The third-order valence-corrected chi connectivity index (χ3v) is 5.85. The molecule has 3 atom stereocenters. The van der Waals surface area contributed by atoms with Gasteiger partial charge in [0, 0.05) is 10.0 Å². The molecule has 1 heterocycles. The first-order valence-electron chi connectivity index (χ1n) is 9.13. The standard InChI is InChI=1S/C21H21Cl2NO3/c22-16-8-6-14(7-9-16)20-21(15-2-1-3-17(23)10-15)27-12-19(26)24(20)18(11-25)13-4-5-13/h1-3,6-10,13,18,20-21,25H,4-5,11-12H2/t18-,20?,21+/m0/s1. The highest BCUT2D eigenvalue weighted by Crippen LogP contribution is 2.46. The van der Waals surface area contributed by atoms with Crippen LogP contribution in [-0.2, 0) is 9.53 Å². The van der Waals surface area contributed by atoms with Gasteiger partial charge in [-0.1, -0.05) is 47.5 Å². The van der Waals surface area contributed by atoms with E-state index in [1.54, 1.807) is 0 Å². The molecule has 1 saturated heterocycles. The number of nitrogens with zero attached hydrogens (tertiary/aromatic N) is 1. The Bertz CT molecular complexity index is 822. The molecule has 0 bridgehead atoms. The summed E-state index contributed by atoms with van der Waals surface area (Å²) >= 11 is 12.3. The van der Waals surface area contributed by atoms with E-state index in [9.17, 15) is 9.90 Å². The predicted octanol–water partition coefficient (Wildman–Crippen LogP) is 4.41. The number of benzene rings is 2. The Morgan fingerprint density at radius 3 is 2.44 bits per heavy atom. The fourth-order valence-electron chi connectivity index (χ4n) is 3.92. The maximum Gasteiger partial charge on any atom is 0.249 e. The lowest BCUT2D eigenvalue weighted by molar-refractivity contribution is -0.165. The fraction of sp³-hybridized carbons (Fsp3) is 0.381. The fourth-order valence-corrected chi connectivity index (χ4v) is 4.25. The van der Waals surface area contributed by atoms with Crippen molar-refractivity contribution in [2.75, 3.05) is 13.2 Å². The second-order valence-electron chi connectivity index (χ2n) is 7.17. The summed E-state index contributed by atoms with van der Waals surface area (Å²) in [6.45, 7) is -0.0622. The number of rotatable bonds is 5. The molecule has 4 rings (SSSR count). The molecule has 0 aromatic heterocycles. The van der Waals surface area contributed by atoms with Crippen molar-refractivity contribution in [1.29, 1.82) is 0 Å². The van der Waals surface area contributed by atoms with Crippen molar-refractivity contribution in [3.63, 3.8) is 0 Å². The van der Waals surface area contributed by atoms with E-state index in [-0.39, 0.29) is 37.3 Å². The topological polar surface area (TPSA) is 49.8 Å². The van der Waals surface area contributed by atoms with Crippen molar-refractivity contribution in [3.05, 3.63) is 69.7 Å². The largest absolute Gasteiger partial charge is 0.394 e. The molecular weight excluding hydrogens is 385 g/mol. The molecule has 1 aliphatic carbocycles. The zero-order chi connectivity index (χ0) is 19.0. The molecule has 1 unspecified atom stereocenters. The van der Waals surface area contributed by atoms with E-state index in [2.05, 4.69) is 0 Å². The van der Waals surface area contributed by atoms with Crippen LogP contribution in [0.3, 0.4) is 0 Å². The van der Waals surface area contributed by atoms with E-state index >= 15 is 0 Å². The van der Waals surface area contributed by atoms with Crippen molar-refractivity contribution in [1.82, 2.24) is 4.90 Å². The van der Waals surface area contributed by atoms with Crippen molar-refractivity contribution in [3.8, 4) is 0 Å². The first-order chi connectivity index (χ1) is 13.1. The second-order valence-corrected chi connectivity index (χ2v) is 8.04. The van der Waals surface area contributed by atoms with Gasteiger partial charge in [0.1, 0.15) is 12.7 Å². The monoisotopic (exact) mass is 405 g/mol. The number of hydrogen-bond acceptors (Lipinski definition) is 3. The molecule has 1 aliphatic heterocycles. The highest BCUT2D eigenvalue weighted by atomic mass is 35.5.